The molecule has 17 heavy (non-hydrogen) atoms. The molecule has 90 valence electrons. The molecule has 0 bridgehead atoms. The first-order valence-electron chi connectivity index (χ1n) is 5.21. The number of benzene rings is 1. The van der Waals surface area contributed by atoms with Crippen LogP contribution in [0.2, 0.25) is 0 Å². The molecule has 0 amide bonds. The predicted molar refractivity (Wildman–Crippen MR) is 77.4 cm³/mol. The summed E-state index contributed by atoms with van der Waals surface area (Å²) in [6.45, 7) is 0.719. The summed E-state index contributed by atoms with van der Waals surface area (Å²) in [7, 11) is 1.66. The molecular formula is C12H14N2OS2. The Morgan fingerprint density at radius 1 is 1.47 bits per heavy atom. The van der Waals surface area contributed by atoms with Crippen LogP contribution in [0.4, 0.5) is 0 Å². The molecule has 0 fully saturated rings. The highest BCUT2D eigenvalue weighted by Crippen LogP contribution is 2.20. The van der Waals surface area contributed by atoms with Crippen LogP contribution in [0.25, 0.3) is 10.9 Å². The average molecular weight is 266 g/mol. The van der Waals surface area contributed by atoms with Crippen molar-refractivity contribution in [2.24, 2.45) is 0 Å². The van der Waals surface area contributed by atoms with Crippen LogP contribution < -0.4 is 10.2 Å². The second-order valence-corrected chi connectivity index (χ2v) is 5.01. The molecule has 3 nitrogen and oxygen atoms in total. The Morgan fingerprint density at radius 3 is 2.94 bits per heavy atom. The Labute approximate surface area is 110 Å². The van der Waals surface area contributed by atoms with Crippen molar-refractivity contribution in [2.75, 3.05) is 13.4 Å². The maximum absolute atomic E-state index is 5.29. The number of para-hydroxylation sites is 1. The van der Waals surface area contributed by atoms with Gasteiger partial charge in [0.05, 0.1) is 5.52 Å². The fraction of sp³-hybridized carbons (Fsp3) is 0.250. The third-order valence-corrected chi connectivity index (χ3v) is 3.73. The van der Waals surface area contributed by atoms with Gasteiger partial charge >= 0.3 is 0 Å². The number of thiocarbonyl (C=S) groups is 1. The number of hydrogen-bond acceptors (Lipinski definition) is 3. The lowest BCUT2D eigenvalue weighted by atomic mass is 10.2. The second kappa shape index (κ2) is 5.42. The normalized spacial score (nSPS) is 10.5. The standard InChI is InChI=1S/C12H14N2OS2/c1-15-14-8-9(7-13-12(16)17-2)10-5-3-4-6-11(10)14/h3-6,8H,7H2,1-2H3,(H,13,16). The summed E-state index contributed by atoms with van der Waals surface area (Å²) in [6, 6.07) is 8.15. The molecule has 0 aliphatic heterocycles. The maximum atomic E-state index is 5.29. The number of nitrogens with zero attached hydrogens (tertiary/aromatic N) is 1. The monoisotopic (exact) mass is 266 g/mol. The van der Waals surface area contributed by atoms with Gasteiger partial charge in [-0.25, -0.2) is 0 Å². The molecule has 0 aliphatic rings. The smallest absolute Gasteiger partial charge is 0.133 e. The van der Waals surface area contributed by atoms with Gasteiger partial charge in [0.25, 0.3) is 0 Å². The predicted octanol–water partition coefficient (Wildman–Crippen LogP) is 2.44. The zero-order chi connectivity index (χ0) is 12.3. The minimum atomic E-state index is 0.719. The van der Waals surface area contributed by atoms with Gasteiger partial charge in [0.15, 0.2) is 0 Å². The lowest BCUT2D eigenvalue weighted by Gasteiger charge is -2.03. The quantitative estimate of drug-likeness (QED) is 0.863. The van der Waals surface area contributed by atoms with E-state index in [9.17, 15) is 0 Å². The first kappa shape index (κ1) is 12.3. The van der Waals surface area contributed by atoms with E-state index in [1.807, 2.05) is 30.7 Å². The zero-order valence-electron chi connectivity index (χ0n) is 9.77. The molecule has 0 atom stereocenters. The van der Waals surface area contributed by atoms with E-state index in [0.29, 0.717) is 0 Å². The van der Waals surface area contributed by atoms with Crippen molar-refractivity contribution in [1.29, 1.82) is 0 Å². The lowest BCUT2D eigenvalue weighted by Crippen LogP contribution is -2.17. The lowest BCUT2D eigenvalue weighted by molar-refractivity contribution is 0.179. The summed E-state index contributed by atoms with van der Waals surface area (Å²) in [6.07, 6.45) is 3.95. The van der Waals surface area contributed by atoms with Crippen LogP contribution in [-0.2, 0) is 6.54 Å². The summed E-state index contributed by atoms with van der Waals surface area (Å²) in [4.78, 5) is 5.29. The van der Waals surface area contributed by atoms with Crippen molar-refractivity contribution in [3.05, 3.63) is 36.0 Å². The molecule has 0 saturated carbocycles. The number of aromatic nitrogens is 1. The average Bonchev–Trinajstić information content (AvgIpc) is 2.74. The highest BCUT2D eigenvalue weighted by atomic mass is 32.2. The van der Waals surface area contributed by atoms with Gasteiger partial charge in [-0.15, -0.1) is 11.8 Å². The van der Waals surface area contributed by atoms with E-state index in [0.717, 1.165) is 16.4 Å². The Kier molecular flexibility index (Phi) is 3.91. The number of fused-ring (bicyclic) bond motifs is 1. The van der Waals surface area contributed by atoms with Crippen LogP contribution in [0.3, 0.4) is 0 Å². The highest BCUT2D eigenvalue weighted by Gasteiger charge is 2.08. The summed E-state index contributed by atoms with van der Waals surface area (Å²) in [5, 5.41) is 4.39. The molecule has 0 aliphatic carbocycles. The summed E-state index contributed by atoms with van der Waals surface area (Å²) >= 11 is 6.67. The Balaban J connectivity index is 2.31. The van der Waals surface area contributed by atoms with Crippen LogP contribution in [-0.4, -0.2) is 22.4 Å². The number of thioether (sulfide) groups is 1. The van der Waals surface area contributed by atoms with E-state index in [4.69, 9.17) is 17.1 Å². The van der Waals surface area contributed by atoms with Gasteiger partial charge in [0.2, 0.25) is 0 Å². The summed E-state index contributed by atoms with van der Waals surface area (Å²) < 4.78 is 2.58. The van der Waals surface area contributed by atoms with Crippen molar-refractivity contribution >= 4 is 39.2 Å². The van der Waals surface area contributed by atoms with Gasteiger partial charge in [-0.1, -0.05) is 30.4 Å². The Hall–Kier alpha value is -1.20. The van der Waals surface area contributed by atoms with Gasteiger partial charge in [0.1, 0.15) is 11.4 Å². The van der Waals surface area contributed by atoms with Gasteiger partial charge in [0, 0.05) is 23.7 Å². The van der Waals surface area contributed by atoms with E-state index >= 15 is 0 Å². The molecule has 1 N–H and O–H groups in total. The van der Waals surface area contributed by atoms with Crippen LogP contribution in [0.1, 0.15) is 5.56 Å². The van der Waals surface area contributed by atoms with Gasteiger partial charge < -0.3 is 10.2 Å². The summed E-state index contributed by atoms with van der Waals surface area (Å²) in [5.74, 6) is 0. The SMILES string of the molecule is COn1cc(CNC(=S)SC)c2ccccc21. The van der Waals surface area contributed by atoms with Crippen LogP contribution in [0.15, 0.2) is 30.5 Å². The van der Waals surface area contributed by atoms with Crippen molar-refractivity contribution in [3.63, 3.8) is 0 Å². The van der Waals surface area contributed by atoms with Crippen molar-refractivity contribution in [3.8, 4) is 0 Å². The number of nitrogens with one attached hydrogen (secondary N) is 1. The fourth-order valence-electron chi connectivity index (χ4n) is 1.75. The third kappa shape index (κ3) is 2.56. The summed E-state index contributed by atoms with van der Waals surface area (Å²) in [5.41, 5.74) is 2.25. The molecule has 1 aromatic heterocycles. The second-order valence-electron chi connectivity index (χ2n) is 3.52. The largest absolute Gasteiger partial charge is 0.417 e. The van der Waals surface area contributed by atoms with Crippen LogP contribution in [0.5, 0.6) is 0 Å². The molecule has 2 rings (SSSR count). The minimum absolute atomic E-state index is 0.719. The van der Waals surface area contributed by atoms with Gasteiger partial charge in [-0.05, 0) is 12.3 Å². The number of rotatable bonds is 3. The number of hydrogen-bond donors (Lipinski definition) is 1. The molecule has 5 heteroatoms. The van der Waals surface area contributed by atoms with Crippen LogP contribution in [0, 0.1) is 0 Å². The zero-order valence-corrected chi connectivity index (χ0v) is 11.4. The first-order chi connectivity index (χ1) is 8.26. The molecule has 1 aromatic carbocycles. The Bertz CT molecular complexity index is 536. The van der Waals surface area contributed by atoms with E-state index in [-0.39, 0.29) is 0 Å². The molecule has 0 spiro atoms. The third-order valence-electron chi connectivity index (χ3n) is 2.57. The maximum Gasteiger partial charge on any atom is 0.133 e. The topological polar surface area (TPSA) is 26.2 Å². The van der Waals surface area contributed by atoms with E-state index in [1.54, 1.807) is 23.6 Å². The minimum Gasteiger partial charge on any atom is -0.417 e. The molecule has 0 unspecified atom stereocenters. The first-order valence-corrected chi connectivity index (χ1v) is 6.85. The van der Waals surface area contributed by atoms with Crippen molar-refractivity contribution in [2.45, 2.75) is 6.54 Å². The van der Waals surface area contributed by atoms with Crippen molar-refractivity contribution in [1.82, 2.24) is 10.0 Å². The van der Waals surface area contributed by atoms with Crippen LogP contribution >= 0.6 is 24.0 Å². The molecule has 0 radical (unpaired) electrons. The van der Waals surface area contributed by atoms with Gasteiger partial charge in [-0.2, -0.15) is 4.73 Å². The fourth-order valence-corrected chi connectivity index (χ4v) is 2.04. The molecule has 2 aromatic rings. The van der Waals surface area contributed by atoms with E-state index in [2.05, 4.69) is 11.4 Å². The van der Waals surface area contributed by atoms with E-state index in [1.165, 1.54) is 10.9 Å². The Morgan fingerprint density at radius 2 is 2.24 bits per heavy atom. The van der Waals surface area contributed by atoms with Gasteiger partial charge in [-0.3, -0.25) is 0 Å². The molecular weight excluding hydrogens is 252 g/mol. The highest BCUT2D eigenvalue weighted by molar-refractivity contribution is 8.22. The van der Waals surface area contributed by atoms with E-state index < -0.39 is 0 Å². The molecule has 1 heterocycles. The van der Waals surface area contributed by atoms with Crippen molar-refractivity contribution < 1.29 is 4.84 Å². The molecule has 0 saturated heterocycles.